The van der Waals surface area contributed by atoms with Crippen molar-refractivity contribution in [1.29, 1.82) is 0 Å². The molecule has 2 rings (SSSR count). The highest BCUT2D eigenvalue weighted by Gasteiger charge is 2.44. The Morgan fingerprint density at radius 3 is 2.60 bits per heavy atom. The van der Waals surface area contributed by atoms with E-state index in [1.165, 1.54) is 0 Å². The van der Waals surface area contributed by atoms with E-state index in [-0.39, 0.29) is 0 Å². The summed E-state index contributed by atoms with van der Waals surface area (Å²) in [4.78, 5) is 30.5. The molecule has 1 aliphatic rings. The van der Waals surface area contributed by atoms with E-state index in [4.69, 9.17) is 32.5 Å². The molecule has 4 atom stereocenters. The van der Waals surface area contributed by atoms with Crippen molar-refractivity contribution in [2.75, 3.05) is 6.61 Å². The van der Waals surface area contributed by atoms with Gasteiger partial charge in [0.25, 0.3) is 5.56 Å². The minimum absolute atomic E-state index is 0.393. The van der Waals surface area contributed by atoms with Gasteiger partial charge >= 0.3 is 14.0 Å². The van der Waals surface area contributed by atoms with Crippen LogP contribution in [0.4, 0.5) is 13.2 Å². The fourth-order valence-electron chi connectivity index (χ4n) is 2.20. The van der Waals surface area contributed by atoms with Gasteiger partial charge < -0.3 is 25.4 Å². The maximum atomic E-state index is 12.9. The number of nitrogens with one attached hydrogen (secondary N) is 1. The Balaban J connectivity index is 2.34. The third-order valence-electron chi connectivity index (χ3n) is 3.37. The van der Waals surface area contributed by atoms with Crippen molar-refractivity contribution < 1.29 is 41.9 Å². The molecule has 0 aliphatic carbocycles. The van der Waals surface area contributed by atoms with Gasteiger partial charge in [-0.05, 0) is 12.2 Å². The molecule has 0 radical (unpaired) electrons. The Morgan fingerprint density at radius 2 is 2.08 bits per heavy atom. The van der Waals surface area contributed by atoms with Crippen LogP contribution in [-0.4, -0.2) is 49.3 Å². The number of aromatic nitrogens is 2. The number of halogens is 3. The zero-order valence-corrected chi connectivity index (χ0v) is 13.8. The lowest BCUT2D eigenvalue weighted by atomic mass is 10.1. The standard InChI is InChI=1S/C10H13F3N3O7PS/c11-10(12,13)3-1-16(9(25)15-7(3)18)8-5(14)6(17)4(23-8)2-22-24(19,20)21/h1,4-6,8,17H,2,14H2,(H,15,18,25)(H2,19,20,21). The molecule has 1 aromatic heterocycles. The number of aliphatic hydroxyl groups is 1. The summed E-state index contributed by atoms with van der Waals surface area (Å²) in [5.74, 6) is 0. The summed E-state index contributed by atoms with van der Waals surface area (Å²) in [6, 6.07) is -1.30. The molecule has 0 spiro atoms. The van der Waals surface area contributed by atoms with Crippen LogP contribution < -0.4 is 11.3 Å². The Labute approximate surface area is 142 Å². The van der Waals surface area contributed by atoms with Gasteiger partial charge in [0.2, 0.25) is 0 Å². The van der Waals surface area contributed by atoms with Crippen LogP contribution in [0.2, 0.25) is 0 Å². The number of nitrogens with zero attached hydrogens (tertiary/aromatic N) is 1. The Hall–Kier alpha value is -1.12. The number of nitrogens with two attached hydrogens (primary N) is 1. The molecular weight excluding hydrogens is 394 g/mol. The highest BCUT2D eigenvalue weighted by molar-refractivity contribution is 7.71. The van der Waals surface area contributed by atoms with Crippen molar-refractivity contribution in [3.63, 3.8) is 0 Å². The van der Waals surface area contributed by atoms with Crippen LogP contribution >= 0.6 is 20.0 Å². The van der Waals surface area contributed by atoms with Gasteiger partial charge in [-0.3, -0.25) is 18.9 Å². The van der Waals surface area contributed by atoms with E-state index in [1.807, 2.05) is 4.98 Å². The largest absolute Gasteiger partial charge is 0.469 e. The number of aromatic amines is 1. The van der Waals surface area contributed by atoms with Crippen molar-refractivity contribution in [3.8, 4) is 0 Å². The van der Waals surface area contributed by atoms with Gasteiger partial charge in [-0.2, -0.15) is 13.2 Å². The lowest BCUT2D eigenvalue weighted by molar-refractivity contribution is -0.139. The third kappa shape index (κ3) is 4.54. The van der Waals surface area contributed by atoms with E-state index >= 15 is 0 Å². The van der Waals surface area contributed by atoms with Crippen LogP contribution in [0.25, 0.3) is 0 Å². The number of rotatable bonds is 4. The summed E-state index contributed by atoms with van der Waals surface area (Å²) in [5.41, 5.74) is 2.67. The maximum absolute atomic E-state index is 12.9. The Bertz CT molecular complexity index is 806. The smallest absolute Gasteiger partial charge is 0.389 e. The molecule has 0 amide bonds. The fourth-order valence-corrected chi connectivity index (χ4v) is 2.79. The van der Waals surface area contributed by atoms with Crippen LogP contribution in [0.15, 0.2) is 11.0 Å². The summed E-state index contributed by atoms with van der Waals surface area (Å²) in [6.45, 7) is -0.765. The summed E-state index contributed by atoms with van der Waals surface area (Å²) < 4.78 is 58.9. The quantitative estimate of drug-likeness (QED) is 0.331. The molecule has 10 nitrogen and oxygen atoms in total. The predicted octanol–water partition coefficient (Wildman–Crippen LogP) is -0.380. The molecule has 1 aromatic rings. The van der Waals surface area contributed by atoms with Crippen LogP contribution in [0.3, 0.4) is 0 Å². The molecule has 142 valence electrons. The number of H-pyrrole nitrogens is 1. The van der Waals surface area contributed by atoms with Crippen molar-refractivity contribution in [2.45, 2.75) is 30.7 Å². The second-order valence-corrected chi connectivity index (χ2v) is 6.75. The molecule has 1 aliphatic heterocycles. The van der Waals surface area contributed by atoms with Crippen LogP contribution in [0.1, 0.15) is 11.8 Å². The molecule has 4 unspecified atom stereocenters. The number of hydrogen-bond donors (Lipinski definition) is 5. The number of aliphatic hydroxyl groups excluding tert-OH is 1. The van der Waals surface area contributed by atoms with E-state index in [9.17, 15) is 27.6 Å². The van der Waals surface area contributed by atoms with Crippen LogP contribution in [0.5, 0.6) is 0 Å². The molecule has 0 aromatic carbocycles. The van der Waals surface area contributed by atoms with E-state index in [0.29, 0.717) is 10.8 Å². The highest BCUT2D eigenvalue weighted by atomic mass is 32.1. The molecule has 6 N–H and O–H groups in total. The molecule has 1 saturated heterocycles. The molecule has 2 heterocycles. The van der Waals surface area contributed by atoms with Crippen molar-refractivity contribution in [2.24, 2.45) is 5.73 Å². The van der Waals surface area contributed by atoms with Crippen molar-refractivity contribution in [1.82, 2.24) is 9.55 Å². The van der Waals surface area contributed by atoms with E-state index in [0.717, 1.165) is 0 Å². The average molecular weight is 407 g/mol. The third-order valence-corrected chi connectivity index (χ3v) is 4.17. The van der Waals surface area contributed by atoms with Gasteiger partial charge in [0.1, 0.15) is 17.8 Å². The van der Waals surface area contributed by atoms with E-state index < -0.39 is 61.0 Å². The van der Waals surface area contributed by atoms with Crippen LogP contribution in [0, 0.1) is 4.77 Å². The average Bonchev–Trinajstić information content (AvgIpc) is 2.71. The number of phosphoric acid groups is 1. The maximum Gasteiger partial charge on any atom is 0.469 e. The van der Waals surface area contributed by atoms with Gasteiger partial charge in [-0.15, -0.1) is 0 Å². The monoisotopic (exact) mass is 407 g/mol. The number of alkyl halides is 3. The number of phosphoric ester groups is 1. The zero-order valence-electron chi connectivity index (χ0n) is 12.1. The van der Waals surface area contributed by atoms with E-state index in [2.05, 4.69) is 4.52 Å². The SMILES string of the molecule is NC1C(O)C(COP(=O)(O)O)OC1n1cc(C(F)(F)F)c(=O)[nH]c1=S. The summed E-state index contributed by atoms with van der Waals surface area (Å²) in [6.07, 6.45) is -8.85. The summed E-state index contributed by atoms with van der Waals surface area (Å²) in [5, 5.41) is 9.94. The minimum atomic E-state index is -4.97. The van der Waals surface area contributed by atoms with Crippen LogP contribution in [-0.2, 0) is 20.0 Å². The normalized spacial score (nSPS) is 27.6. The second kappa shape index (κ2) is 6.89. The van der Waals surface area contributed by atoms with Gasteiger partial charge in [-0.25, -0.2) is 4.57 Å². The topological polar surface area (TPSA) is 160 Å². The molecule has 1 fully saturated rings. The first-order chi connectivity index (χ1) is 11.3. The highest BCUT2D eigenvalue weighted by Crippen LogP contribution is 2.38. The lowest BCUT2D eigenvalue weighted by Crippen LogP contribution is -2.40. The number of ether oxygens (including phenoxy) is 1. The van der Waals surface area contributed by atoms with Crippen molar-refractivity contribution in [3.05, 3.63) is 26.9 Å². The first kappa shape index (κ1) is 20.2. The van der Waals surface area contributed by atoms with Gasteiger partial charge in [0, 0.05) is 6.20 Å². The predicted molar refractivity (Wildman–Crippen MR) is 76.8 cm³/mol. The van der Waals surface area contributed by atoms with Crippen molar-refractivity contribution >= 4 is 20.0 Å². The second-order valence-electron chi connectivity index (χ2n) is 5.13. The number of hydrogen-bond acceptors (Lipinski definition) is 7. The zero-order chi connectivity index (χ0) is 19.2. The molecule has 25 heavy (non-hydrogen) atoms. The fraction of sp³-hybridized carbons (Fsp3) is 0.600. The first-order valence-electron chi connectivity index (χ1n) is 6.53. The van der Waals surface area contributed by atoms with Gasteiger partial charge in [-0.1, -0.05) is 0 Å². The molecule has 0 saturated carbocycles. The molecule has 15 heteroatoms. The lowest BCUT2D eigenvalue weighted by Gasteiger charge is -2.20. The van der Waals surface area contributed by atoms with E-state index in [1.54, 1.807) is 0 Å². The summed E-state index contributed by atoms with van der Waals surface area (Å²) >= 11 is 4.78. The Kier molecular flexibility index (Phi) is 5.56. The van der Waals surface area contributed by atoms with Gasteiger partial charge in [0.05, 0.1) is 12.6 Å². The molecule has 0 bridgehead atoms. The van der Waals surface area contributed by atoms with Gasteiger partial charge in [0.15, 0.2) is 11.0 Å². The Morgan fingerprint density at radius 1 is 1.48 bits per heavy atom. The molecular formula is C10H13F3N3O7PS. The minimum Gasteiger partial charge on any atom is -0.389 e. The summed E-state index contributed by atoms with van der Waals surface area (Å²) in [7, 11) is -4.86. The first-order valence-corrected chi connectivity index (χ1v) is 8.47.